The summed E-state index contributed by atoms with van der Waals surface area (Å²) in [5, 5.41) is 24.8. The van der Waals surface area contributed by atoms with Gasteiger partial charge in [-0.1, -0.05) is 0 Å². The normalized spacial score (nSPS) is 9.10. The summed E-state index contributed by atoms with van der Waals surface area (Å²) in [4.78, 5) is 9.91. The number of rotatable bonds is 4. The summed E-state index contributed by atoms with van der Waals surface area (Å²) in [6.45, 7) is -0.550. The predicted octanol–water partition coefficient (Wildman–Crippen LogP) is -0.941. The van der Waals surface area contributed by atoms with Crippen molar-refractivity contribution in [1.29, 1.82) is 0 Å². The molecule has 1 radical (unpaired) electrons. The Balaban J connectivity index is 0. The van der Waals surface area contributed by atoms with Crippen molar-refractivity contribution in [3.63, 3.8) is 0 Å². The van der Waals surface area contributed by atoms with Gasteiger partial charge in [-0.3, -0.25) is 4.79 Å². The van der Waals surface area contributed by atoms with Gasteiger partial charge in [-0.2, -0.15) is 0 Å². The summed E-state index contributed by atoms with van der Waals surface area (Å²) in [6, 6.07) is 0. The second-order valence-electron chi connectivity index (χ2n) is 1.83. The van der Waals surface area contributed by atoms with E-state index >= 15 is 0 Å². The van der Waals surface area contributed by atoms with E-state index in [1.165, 1.54) is 0 Å². The van der Waals surface area contributed by atoms with Crippen LogP contribution in [0.15, 0.2) is 0 Å². The SMILES string of the molecule is O=C(O)CC(CO)CO.[Ag]. The van der Waals surface area contributed by atoms with Crippen molar-refractivity contribution in [3.05, 3.63) is 0 Å². The number of carboxylic acid groups (broad SMARTS) is 1. The van der Waals surface area contributed by atoms with Crippen LogP contribution in [0.4, 0.5) is 0 Å². The van der Waals surface area contributed by atoms with Gasteiger partial charge in [0, 0.05) is 41.5 Å². The van der Waals surface area contributed by atoms with E-state index < -0.39 is 11.9 Å². The first-order valence-corrected chi connectivity index (χ1v) is 2.64. The van der Waals surface area contributed by atoms with Gasteiger partial charge in [0.1, 0.15) is 0 Å². The Bertz CT molecular complexity index is 91.6. The van der Waals surface area contributed by atoms with E-state index in [4.69, 9.17) is 15.3 Å². The minimum atomic E-state index is -0.997. The molecule has 0 aliphatic rings. The molecule has 0 spiro atoms. The third-order valence-electron chi connectivity index (χ3n) is 0.980. The minimum absolute atomic E-state index is 0. The van der Waals surface area contributed by atoms with Crippen molar-refractivity contribution >= 4 is 5.97 Å². The molecule has 0 bridgehead atoms. The molecule has 0 saturated carbocycles. The summed E-state index contributed by atoms with van der Waals surface area (Å²) in [5.41, 5.74) is 0. The summed E-state index contributed by atoms with van der Waals surface area (Å²) < 4.78 is 0. The second-order valence-corrected chi connectivity index (χ2v) is 1.83. The molecule has 5 heteroatoms. The monoisotopic (exact) mass is 241 g/mol. The second kappa shape index (κ2) is 7.24. The van der Waals surface area contributed by atoms with Gasteiger partial charge in [-0.25, -0.2) is 0 Å². The molecule has 0 aromatic heterocycles. The van der Waals surface area contributed by atoms with Crippen LogP contribution < -0.4 is 0 Å². The Morgan fingerprint density at radius 3 is 1.80 bits per heavy atom. The number of carbonyl (C=O) groups is 1. The smallest absolute Gasteiger partial charge is 0.303 e. The van der Waals surface area contributed by atoms with E-state index in [1.807, 2.05) is 0 Å². The van der Waals surface area contributed by atoms with Gasteiger partial charge in [0.05, 0.1) is 6.42 Å². The zero-order valence-electron chi connectivity index (χ0n) is 5.25. The van der Waals surface area contributed by atoms with E-state index in [1.54, 1.807) is 0 Å². The van der Waals surface area contributed by atoms with Crippen LogP contribution in [-0.4, -0.2) is 34.5 Å². The standard InChI is InChI=1S/C5H10O4.Ag/c6-2-4(3-7)1-5(8)9;/h4,6-7H,1-3H2,(H,8,9);. The molecule has 0 saturated heterocycles. The number of hydrogen-bond donors (Lipinski definition) is 3. The molecule has 4 nitrogen and oxygen atoms in total. The van der Waals surface area contributed by atoms with Crippen molar-refractivity contribution < 1.29 is 42.5 Å². The molecule has 0 aromatic rings. The summed E-state index contributed by atoms with van der Waals surface area (Å²) in [6.07, 6.45) is -0.174. The Morgan fingerprint density at radius 2 is 1.70 bits per heavy atom. The predicted molar refractivity (Wildman–Crippen MR) is 29.9 cm³/mol. The van der Waals surface area contributed by atoms with Crippen molar-refractivity contribution in [2.24, 2.45) is 5.92 Å². The maximum absolute atomic E-state index is 9.91. The van der Waals surface area contributed by atoms with Gasteiger partial charge in [0.25, 0.3) is 0 Å². The van der Waals surface area contributed by atoms with E-state index in [-0.39, 0.29) is 42.0 Å². The Kier molecular flexibility index (Phi) is 9.25. The average Bonchev–Trinajstić information content (AvgIpc) is 1.82. The van der Waals surface area contributed by atoms with Crippen molar-refractivity contribution in [1.82, 2.24) is 0 Å². The van der Waals surface area contributed by atoms with Crippen molar-refractivity contribution in [3.8, 4) is 0 Å². The number of aliphatic hydroxyl groups is 2. The van der Waals surface area contributed by atoms with Crippen LogP contribution in [0.25, 0.3) is 0 Å². The van der Waals surface area contributed by atoms with Crippen LogP contribution >= 0.6 is 0 Å². The fraction of sp³-hybridized carbons (Fsp3) is 0.800. The zero-order chi connectivity index (χ0) is 7.28. The molecule has 0 aromatic carbocycles. The first kappa shape index (κ1) is 12.8. The number of aliphatic carboxylic acids is 1. The molecule has 0 rings (SSSR count). The Labute approximate surface area is 74.4 Å². The first-order chi connectivity index (χ1) is 4.20. The maximum Gasteiger partial charge on any atom is 0.303 e. The van der Waals surface area contributed by atoms with Gasteiger partial charge < -0.3 is 15.3 Å². The molecule has 0 heterocycles. The van der Waals surface area contributed by atoms with Gasteiger partial charge >= 0.3 is 5.97 Å². The van der Waals surface area contributed by atoms with Crippen molar-refractivity contribution in [2.45, 2.75) is 6.42 Å². The average molecular weight is 242 g/mol. The maximum atomic E-state index is 9.91. The molecule has 0 atom stereocenters. The van der Waals surface area contributed by atoms with Crippen molar-refractivity contribution in [2.75, 3.05) is 13.2 Å². The summed E-state index contributed by atoms with van der Waals surface area (Å²) >= 11 is 0. The quantitative estimate of drug-likeness (QED) is 0.556. The van der Waals surface area contributed by atoms with Crippen LogP contribution in [0, 0.1) is 5.92 Å². The third kappa shape index (κ3) is 6.25. The molecular formula is C5H10AgO4. The number of carboxylic acids is 1. The van der Waals surface area contributed by atoms with E-state index in [2.05, 4.69) is 0 Å². The van der Waals surface area contributed by atoms with Gasteiger partial charge in [-0.05, 0) is 0 Å². The molecule has 0 unspecified atom stereocenters. The fourth-order valence-electron chi connectivity index (χ4n) is 0.434. The first-order valence-electron chi connectivity index (χ1n) is 2.64. The van der Waals surface area contributed by atoms with Crippen LogP contribution in [0.5, 0.6) is 0 Å². The molecule has 10 heavy (non-hydrogen) atoms. The van der Waals surface area contributed by atoms with Gasteiger partial charge in [-0.15, -0.1) is 0 Å². The fourth-order valence-corrected chi connectivity index (χ4v) is 0.434. The molecule has 0 fully saturated rings. The van der Waals surface area contributed by atoms with E-state index in [0.717, 1.165) is 0 Å². The van der Waals surface area contributed by atoms with Crippen LogP contribution in [0.2, 0.25) is 0 Å². The topological polar surface area (TPSA) is 77.8 Å². The van der Waals surface area contributed by atoms with Gasteiger partial charge in [0.2, 0.25) is 0 Å². The third-order valence-corrected chi connectivity index (χ3v) is 0.980. The summed E-state index contributed by atoms with van der Waals surface area (Å²) in [5.74, 6) is -1.51. The zero-order valence-corrected chi connectivity index (χ0v) is 6.73. The van der Waals surface area contributed by atoms with E-state index in [0.29, 0.717) is 0 Å². The molecular weight excluding hydrogens is 232 g/mol. The number of aliphatic hydroxyl groups excluding tert-OH is 2. The Hall–Kier alpha value is 0.130. The minimum Gasteiger partial charge on any atom is -0.481 e. The molecule has 0 aliphatic heterocycles. The van der Waals surface area contributed by atoms with Crippen LogP contribution in [0.1, 0.15) is 6.42 Å². The van der Waals surface area contributed by atoms with Crippen LogP contribution in [0.3, 0.4) is 0 Å². The Morgan fingerprint density at radius 1 is 1.30 bits per heavy atom. The molecule has 0 amide bonds. The largest absolute Gasteiger partial charge is 0.481 e. The number of hydrogen-bond acceptors (Lipinski definition) is 3. The molecule has 0 aliphatic carbocycles. The molecule has 3 N–H and O–H groups in total. The molecule has 65 valence electrons. The van der Waals surface area contributed by atoms with Crippen LogP contribution in [-0.2, 0) is 27.2 Å². The summed E-state index contributed by atoms with van der Waals surface area (Å²) in [7, 11) is 0. The van der Waals surface area contributed by atoms with E-state index in [9.17, 15) is 4.79 Å². The van der Waals surface area contributed by atoms with Gasteiger partial charge in [0.15, 0.2) is 0 Å².